The van der Waals surface area contributed by atoms with Crippen LogP contribution in [0.4, 0.5) is 0 Å². The molecule has 0 radical (unpaired) electrons. The highest BCUT2D eigenvalue weighted by Gasteiger charge is 2.32. The number of carbonyl (C=O) groups excluding carboxylic acids is 1. The zero-order chi connectivity index (χ0) is 19.0. The first-order valence-corrected chi connectivity index (χ1v) is 10.1. The lowest BCUT2D eigenvalue weighted by atomic mass is 10.0. The Bertz CT molecular complexity index is 694. The zero-order valence-corrected chi connectivity index (χ0v) is 16.0. The third kappa shape index (κ3) is 5.58. The molecule has 1 aromatic carbocycles. The molecule has 1 N–H and O–H groups in total. The first-order chi connectivity index (χ1) is 12.5. The van der Waals surface area contributed by atoms with Crippen LogP contribution in [0.3, 0.4) is 0 Å². The lowest BCUT2D eigenvalue weighted by Gasteiger charge is -2.30. The third-order valence-electron chi connectivity index (χ3n) is 4.06. The van der Waals surface area contributed by atoms with E-state index in [0.717, 1.165) is 0 Å². The molecule has 8 nitrogen and oxygen atoms in total. The molecular weight excluding hydrogens is 360 g/mol. The predicted molar refractivity (Wildman–Crippen MR) is 96.3 cm³/mol. The van der Waals surface area contributed by atoms with E-state index in [-0.39, 0.29) is 25.7 Å². The summed E-state index contributed by atoms with van der Waals surface area (Å²) in [6.45, 7) is 2.83. The lowest BCUT2D eigenvalue weighted by Crippen LogP contribution is -2.48. The van der Waals surface area contributed by atoms with E-state index >= 15 is 0 Å². The normalized spacial score (nSPS) is 18.3. The van der Waals surface area contributed by atoms with E-state index in [1.165, 1.54) is 4.31 Å². The Balaban J connectivity index is 1.83. The molecule has 1 aliphatic heterocycles. The summed E-state index contributed by atoms with van der Waals surface area (Å²) in [5.41, 5.74) is 0. The predicted octanol–water partition coefficient (Wildman–Crippen LogP) is 1.18. The second-order valence-corrected chi connectivity index (χ2v) is 7.60. The quantitative estimate of drug-likeness (QED) is 0.506. The van der Waals surface area contributed by atoms with Crippen LogP contribution < -0.4 is 14.2 Å². The molecule has 0 aromatic heterocycles. The van der Waals surface area contributed by atoms with Gasteiger partial charge in [0.15, 0.2) is 11.5 Å². The molecule has 0 amide bonds. The number of rotatable bonds is 9. The van der Waals surface area contributed by atoms with E-state index in [0.29, 0.717) is 37.5 Å². The Morgan fingerprint density at radius 1 is 1.31 bits per heavy atom. The Labute approximate surface area is 154 Å². The van der Waals surface area contributed by atoms with E-state index in [9.17, 15) is 13.2 Å². The summed E-state index contributed by atoms with van der Waals surface area (Å²) in [6, 6.07) is 7.15. The summed E-state index contributed by atoms with van der Waals surface area (Å²) in [6.07, 6.45) is 1.27. The second kappa shape index (κ2) is 9.75. The number of piperidine rings is 1. The highest BCUT2D eigenvalue weighted by Crippen LogP contribution is 2.25. The molecule has 0 spiro atoms. The maximum atomic E-state index is 12.4. The Morgan fingerprint density at radius 3 is 2.73 bits per heavy atom. The number of hydrogen-bond donors (Lipinski definition) is 1. The molecule has 146 valence electrons. The molecule has 1 aliphatic rings. The standard InChI is InChI=1S/C17H26N2O6S/c1-3-24-17(20)14-7-6-11-19(13-14)26(21,22)18-10-12-25-16-9-5-4-8-15(16)23-2/h4-5,8-9,14,18H,3,6-7,10-13H2,1-2H3. The first-order valence-electron chi connectivity index (χ1n) is 8.65. The summed E-state index contributed by atoms with van der Waals surface area (Å²) in [5, 5.41) is 0. The van der Waals surface area contributed by atoms with Crippen LogP contribution >= 0.6 is 0 Å². The van der Waals surface area contributed by atoms with Crippen LogP contribution in [0.15, 0.2) is 24.3 Å². The van der Waals surface area contributed by atoms with Gasteiger partial charge in [-0.25, -0.2) is 0 Å². The zero-order valence-electron chi connectivity index (χ0n) is 15.1. The monoisotopic (exact) mass is 386 g/mol. The molecular formula is C17H26N2O6S. The number of methoxy groups -OCH3 is 1. The number of carbonyl (C=O) groups is 1. The number of benzene rings is 1. The van der Waals surface area contributed by atoms with Crippen molar-refractivity contribution >= 4 is 16.2 Å². The summed E-state index contributed by atoms with van der Waals surface area (Å²) in [4.78, 5) is 11.9. The third-order valence-corrected chi connectivity index (χ3v) is 5.64. The number of esters is 1. The molecule has 1 unspecified atom stereocenters. The van der Waals surface area contributed by atoms with E-state index in [2.05, 4.69) is 4.72 Å². The molecule has 9 heteroatoms. The average molecular weight is 386 g/mol. The van der Waals surface area contributed by atoms with E-state index < -0.39 is 16.1 Å². The van der Waals surface area contributed by atoms with Crippen molar-refractivity contribution in [2.45, 2.75) is 19.8 Å². The van der Waals surface area contributed by atoms with Gasteiger partial charge in [0.25, 0.3) is 10.2 Å². The van der Waals surface area contributed by atoms with Crippen molar-refractivity contribution in [2.24, 2.45) is 5.92 Å². The molecule has 1 atom stereocenters. The number of nitrogens with zero attached hydrogens (tertiary/aromatic N) is 1. The van der Waals surface area contributed by atoms with Crippen molar-refractivity contribution in [2.75, 3.05) is 40.0 Å². The van der Waals surface area contributed by atoms with Crippen molar-refractivity contribution in [1.82, 2.24) is 9.03 Å². The van der Waals surface area contributed by atoms with Crippen LogP contribution in [-0.4, -0.2) is 58.7 Å². The fourth-order valence-corrected chi connectivity index (χ4v) is 4.04. The van der Waals surface area contributed by atoms with Crippen molar-refractivity contribution in [3.05, 3.63) is 24.3 Å². The second-order valence-electron chi connectivity index (χ2n) is 5.85. The van der Waals surface area contributed by atoms with E-state index in [1.807, 2.05) is 12.1 Å². The van der Waals surface area contributed by atoms with Crippen LogP contribution in [0.5, 0.6) is 11.5 Å². The summed E-state index contributed by atoms with van der Waals surface area (Å²) in [7, 11) is -2.13. The largest absolute Gasteiger partial charge is 0.493 e. The highest BCUT2D eigenvalue weighted by molar-refractivity contribution is 7.87. The van der Waals surface area contributed by atoms with Gasteiger partial charge in [-0.05, 0) is 31.9 Å². The molecule has 2 rings (SSSR count). The molecule has 1 fully saturated rings. The molecule has 26 heavy (non-hydrogen) atoms. The smallest absolute Gasteiger partial charge is 0.310 e. The van der Waals surface area contributed by atoms with Gasteiger partial charge < -0.3 is 14.2 Å². The van der Waals surface area contributed by atoms with Gasteiger partial charge in [0, 0.05) is 19.6 Å². The van der Waals surface area contributed by atoms with Crippen LogP contribution in [0.25, 0.3) is 0 Å². The molecule has 1 heterocycles. The minimum absolute atomic E-state index is 0.112. The van der Waals surface area contributed by atoms with Gasteiger partial charge in [-0.3, -0.25) is 4.79 Å². The van der Waals surface area contributed by atoms with Crippen LogP contribution in [0, 0.1) is 5.92 Å². The maximum Gasteiger partial charge on any atom is 0.310 e. The topological polar surface area (TPSA) is 94.2 Å². The van der Waals surface area contributed by atoms with Gasteiger partial charge >= 0.3 is 5.97 Å². The summed E-state index contributed by atoms with van der Waals surface area (Å²) < 4.78 is 44.4. The van der Waals surface area contributed by atoms with Crippen molar-refractivity contribution in [3.63, 3.8) is 0 Å². The summed E-state index contributed by atoms with van der Waals surface area (Å²) in [5.74, 6) is 0.384. The summed E-state index contributed by atoms with van der Waals surface area (Å²) >= 11 is 0. The molecule has 0 aliphatic carbocycles. The SMILES string of the molecule is CCOC(=O)C1CCCN(S(=O)(=O)NCCOc2ccccc2OC)C1. The fraction of sp³-hybridized carbons (Fsp3) is 0.588. The van der Waals surface area contributed by atoms with Gasteiger partial charge in [-0.1, -0.05) is 12.1 Å². The lowest BCUT2D eigenvalue weighted by molar-refractivity contribution is -0.149. The van der Waals surface area contributed by atoms with Crippen LogP contribution in [0.2, 0.25) is 0 Å². The van der Waals surface area contributed by atoms with Gasteiger partial charge in [0.2, 0.25) is 0 Å². The van der Waals surface area contributed by atoms with Crippen molar-refractivity contribution < 1.29 is 27.4 Å². The number of para-hydroxylation sites is 2. The molecule has 0 bridgehead atoms. The van der Waals surface area contributed by atoms with Crippen LogP contribution in [-0.2, 0) is 19.7 Å². The Morgan fingerprint density at radius 2 is 2.04 bits per heavy atom. The average Bonchev–Trinajstić information content (AvgIpc) is 2.66. The highest BCUT2D eigenvalue weighted by atomic mass is 32.2. The van der Waals surface area contributed by atoms with Gasteiger partial charge in [0.1, 0.15) is 6.61 Å². The Kier molecular flexibility index (Phi) is 7.67. The minimum atomic E-state index is -3.67. The first kappa shape index (κ1) is 20.5. The van der Waals surface area contributed by atoms with Gasteiger partial charge in [-0.2, -0.15) is 17.4 Å². The molecule has 1 aromatic rings. The minimum Gasteiger partial charge on any atom is -0.493 e. The maximum absolute atomic E-state index is 12.4. The van der Waals surface area contributed by atoms with Gasteiger partial charge in [-0.15, -0.1) is 0 Å². The van der Waals surface area contributed by atoms with E-state index in [4.69, 9.17) is 14.2 Å². The number of ether oxygens (including phenoxy) is 3. The number of nitrogens with one attached hydrogen (secondary N) is 1. The molecule has 1 saturated heterocycles. The fourth-order valence-electron chi connectivity index (χ4n) is 2.77. The Hall–Kier alpha value is -1.84. The number of hydrogen-bond acceptors (Lipinski definition) is 6. The van der Waals surface area contributed by atoms with Crippen LogP contribution in [0.1, 0.15) is 19.8 Å². The van der Waals surface area contributed by atoms with Crippen molar-refractivity contribution in [1.29, 1.82) is 0 Å². The van der Waals surface area contributed by atoms with Gasteiger partial charge in [0.05, 0.1) is 19.6 Å². The van der Waals surface area contributed by atoms with E-state index in [1.54, 1.807) is 26.2 Å². The van der Waals surface area contributed by atoms with Crippen molar-refractivity contribution in [3.8, 4) is 11.5 Å². The molecule has 0 saturated carbocycles.